The van der Waals surface area contributed by atoms with Gasteiger partial charge in [-0.2, -0.15) is 0 Å². The highest BCUT2D eigenvalue weighted by atomic mass is 79.9. The molecular weight excluding hydrogens is 376 g/mol. The number of nitrogens with zero attached hydrogens (tertiary/aromatic N) is 1. The van der Waals surface area contributed by atoms with Gasteiger partial charge in [0.05, 0.1) is 25.0 Å². The summed E-state index contributed by atoms with van der Waals surface area (Å²) in [5, 5.41) is 13.3. The summed E-state index contributed by atoms with van der Waals surface area (Å²) in [7, 11) is 0. The maximum Gasteiger partial charge on any atom is 0.0839 e. The molecule has 0 amide bonds. The molecule has 1 atom stereocenters. The minimum atomic E-state index is -0.392. The molecule has 1 heterocycles. The SMILES string of the molecule is OC(CNc1c(Br)cccc1Br)CN1CCOCC1. The molecule has 2 rings (SSSR count). The number of β-amino-alcohol motifs (C(OH)–C–C–N with tert-alkyl or cyclic N) is 1. The first-order valence-corrected chi connectivity index (χ1v) is 7.91. The normalized spacial score (nSPS) is 18.3. The third-order valence-corrected chi connectivity index (χ3v) is 4.37. The average Bonchev–Trinajstić information content (AvgIpc) is 2.39. The van der Waals surface area contributed by atoms with E-state index >= 15 is 0 Å². The van der Waals surface area contributed by atoms with E-state index in [2.05, 4.69) is 42.1 Å². The molecule has 1 aliphatic heterocycles. The Hall–Kier alpha value is -0.140. The predicted molar refractivity (Wildman–Crippen MR) is 83.6 cm³/mol. The van der Waals surface area contributed by atoms with Gasteiger partial charge >= 0.3 is 0 Å². The number of morpholine rings is 1. The number of halogens is 2. The van der Waals surface area contributed by atoms with Crippen LogP contribution in [0.3, 0.4) is 0 Å². The second-order valence-corrected chi connectivity index (χ2v) is 6.25. The Kier molecular flexibility index (Phi) is 6.09. The Bertz CT molecular complexity index is 391. The van der Waals surface area contributed by atoms with Crippen molar-refractivity contribution in [2.45, 2.75) is 6.10 Å². The summed E-state index contributed by atoms with van der Waals surface area (Å²) in [4.78, 5) is 2.23. The zero-order valence-electron chi connectivity index (χ0n) is 10.6. The number of para-hydroxylation sites is 1. The van der Waals surface area contributed by atoms with E-state index in [0.717, 1.165) is 40.9 Å². The van der Waals surface area contributed by atoms with Crippen LogP contribution in [-0.4, -0.2) is 55.5 Å². The number of anilines is 1. The minimum Gasteiger partial charge on any atom is -0.390 e. The first-order valence-electron chi connectivity index (χ1n) is 6.33. The number of ether oxygens (including phenoxy) is 1. The summed E-state index contributed by atoms with van der Waals surface area (Å²) in [6.07, 6.45) is -0.392. The standard InChI is InChI=1S/C13H18Br2N2O2/c14-11-2-1-3-12(15)13(11)16-8-10(18)9-17-4-6-19-7-5-17/h1-3,10,16,18H,4-9H2. The van der Waals surface area contributed by atoms with Crippen molar-refractivity contribution in [2.24, 2.45) is 0 Å². The summed E-state index contributed by atoms with van der Waals surface area (Å²) >= 11 is 6.99. The molecule has 1 unspecified atom stereocenters. The summed E-state index contributed by atoms with van der Waals surface area (Å²) in [5.74, 6) is 0. The van der Waals surface area contributed by atoms with Gasteiger partial charge in [0.25, 0.3) is 0 Å². The van der Waals surface area contributed by atoms with E-state index in [0.29, 0.717) is 13.1 Å². The summed E-state index contributed by atoms with van der Waals surface area (Å²) < 4.78 is 7.26. The van der Waals surface area contributed by atoms with Gasteiger partial charge in [0, 0.05) is 35.1 Å². The van der Waals surface area contributed by atoms with Crippen LogP contribution in [-0.2, 0) is 4.74 Å². The quantitative estimate of drug-likeness (QED) is 0.805. The lowest BCUT2D eigenvalue weighted by atomic mass is 10.2. The lowest BCUT2D eigenvalue weighted by Crippen LogP contribution is -2.42. The zero-order valence-corrected chi connectivity index (χ0v) is 13.8. The topological polar surface area (TPSA) is 44.7 Å². The van der Waals surface area contributed by atoms with Crippen molar-refractivity contribution in [1.82, 2.24) is 4.90 Å². The van der Waals surface area contributed by atoms with E-state index in [1.165, 1.54) is 0 Å². The van der Waals surface area contributed by atoms with E-state index in [9.17, 15) is 5.11 Å². The summed E-state index contributed by atoms with van der Waals surface area (Å²) in [6.45, 7) is 4.52. The molecule has 19 heavy (non-hydrogen) atoms. The van der Waals surface area contributed by atoms with Crippen molar-refractivity contribution in [3.05, 3.63) is 27.1 Å². The van der Waals surface area contributed by atoms with Crippen molar-refractivity contribution >= 4 is 37.5 Å². The van der Waals surface area contributed by atoms with Crippen molar-refractivity contribution < 1.29 is 9.84 Å². The Morgan fingerprint density at radius 2 is 1.89 bits per heavy atom. The highest BCUT2D eigenvalue weighted by Crippen LogP contribution is 2.30. The van der Waals surface area contributed by atoms with Gasteiger partial charge in [-0.25, -0.2) is 0 Å². The van der Waals surface area contributed by atoms with Crippen LogP contribution in [0.5, 0.6) is 0 Å². The molecule has 106 valence electrons. The van der Waals surface area contributed by atoms with E-state index < -0.39 is 6.10 Å². The van der Waals surface area contributed by atoms with Crippen molar-refractivity contribution in [3.8, 4) is 0 Å². The van der Waals surface area contributed by atoms with Crippen LogP contribution in [0.25, 0.3) is 0 Å². The molecule has 1 fully saturated rings. The van der Waals surface area contributed by atoms with E-state index in [4.69, 9.17) is 4.74 Å². The summed E-state index contributed by atoms with van der Waals surface area (Å²) in [5.41, 5.74) is 0.975. The van der Waals surface area contributed by atoms with Gasteiger partial charge < -0.3 is 15.2 Å². The molecule has 0 bridgehead atoms. The van der Waals surface area contributed by atoms with Crippen molar-refractivity contribution in [3.63, 3.8) is 0 Å². The Morgan fingerprint density at radius 3 is 2.53 bits per heavy atom. The molecule has 1 saturated heterocycles. The summed E-state index contributed by atoms with van der Waals surface area (Å²) in [6, 6.07) is 5.91. The largest absolute Gasteiger partial charge is 0.390 e. The highest BCUT2D eigenvalue weighted by molar-refractivity contribution is 9.11. The number of nitrogens with one attached hydrogen (secondary N) is 1. The molecule has 1 aromatic carbocycles. The van der Waals surface area contributed by atoms with Crippen molar-refractivity contribution in [2.75, 3.05) is 44.7 Å². The molecule has 0 aliphatic carbocycles. The number of hydrogen-bond acceptors (Lipinski definition) is 4. The van der Waals surface area contributed by atoms with E-state index in [-0.39, 0.29) is 0 Å². The number of aliphatic hydroxyl groups is 1. The number of hydrogen-bond donors (Lipinski definition) is 2. The Labute approximate surface area is 130 Å². The van der Waals surface area contributed by atoms with Crippen LogP contribution in [0.1, 0.15) is 0 Å². The Balaban J connectivity index is 1.81. The molecule has 0 spiro atoms. The lowest BCUT2D eigenvalue weighted by molar-refractivity contribution is 0.0171. The Morgan fingerprint density at radius 1 is 1.26 bits per heavy atom. The monoisotopic (exact) mass is 392 g/mol. The first-order chi connectivity index (χ1) is 9.16. The van der Waals surface area contributed by atoms with Gasteiger partial charge in [-0.15, -0.1) is 0 Å². The van der Waals surface area contributed by atoms with Gasteiger partial charge in [0.1, 0.15) is 0 Å². The zero-order chi connectivity index (χ0) is 13.7. The minimum absolute atomic E-state index is 0.392. The van der Waals surface area contributed by atoms with Gasteiger partial charge in [-0.05, 0) is 44.0 Å². The molecular formula is C13H18Br2N2O2. The van der Waals surface area contributed by atoms with Crippen LogP contribution in [0.4, 0.5) is 5.69 Å². The molecule has 0 radical (unpaired) electrons. The number of rotatable bonds is 5. The third kappa shape index (κ3) is 4.72. The van der Waals surface area contributed by atoms with Crippen LogP contribution in [0, 0.1) is 0 Å². The lowest BCUT2D eigenvalue weighted by Gasteiger charge is -2.28. The molecule has 0 saturated carbocycles. The maximum absolute atomic E-state index is 10.1. The predicted octanol–water partition coefficient (Wildman–Crippen LogP) is 2.32. The van der Waals surface area contributed by atoms with E-state index in [1.807, 2.05) is 18.2 Å². The number of aliphatic hydroxyl groups excluding tert-OH is 1. The number of benzene rings is 1. The van der Waals surface area contributed by atoms with Crippen LogP contribution in [0.15, 0.2) is 27.1 Å². The van der Waals surface area contributed by atoms with Crippen LogP contribution in [0.2, 0.25) is 0 Å². The van der Waals surface area contributed by atoms with Crippen LogP contribution < -0.4 is 5.32 Å². The fourth-order valence-corrected chi connectivity index (χ4v) is 3.31. The molecule has 2 N–H and O–H groups in total. The molecule has 1 aromatic rings. The molecule has 6 heteroatoms. The van der Waals surface area contributed by atoms with Gasteiger partial charge in [0.15, 0.2) is 0 Å². The smallest absolute Gasteiger partial charge is 0.0839 e. The molecule has 1 aliphatic rings. The molecule has 4 nitrogen and oxygen atoms in total. The maximum atomic E-state index is 10.1. The van der Waals surface area contributed by atoms with Gasteiger partial charge in [-0.3, -0.25) is 4.90 Å². The molecule has 0 aromatic heterocycles. The third-order valence-electron chi connectivity index (χ3n) is 3.05. The average molecular weight is 394 g/mol. The van der Waals surface area contributed by atoms with Crippen LogP contribution >= 0.6 is 31.9 Å². The van der Waals surface area contributed by atoms with E-state index in [1.54, 1.807) is 0 Å². The fraction of sp³-hybridized carbons (Fsp3) is 0.538. The first kappa shape index (κ1) is 15.3. The second-order valence-electron chi connectivity index (χ2n) is 4.54. The fourth-order valence-electron chi connectivity index (χ4n) is 2.03. The second kappa shape index (κ2) is 7.59. The van der Waals surface area contributed by atoms with Gasteiger partial charge in [-0.1, -0.05) is 6.07 Å². The van der Waals surface area contributed by atoms with Crippen molar-refractivity contribution in [1.29, 1.82) is 0 Å². The van der Waals surface area contributed by atoms with Gasteiger partial charge in [0.2, 0.25) is 0 Å². The highest BCUT2D eigenvalue weighted by Gasteiger charge is 2.15.